The second-order valence-electron chi connectivity index (χ2n) is 4.58. The van der Waals surface area contributed by atoms with Gasteiger partial charge in [0.1, 0.15) is 6.61 Å². The molecule has 0 aliphatic rings. The first-order valence-corrected chi connectivity index (χ1v) is 7.03. The minimum absolute atomic E-state index is 0.0630. The fourth-order valence-electron chi connectivity index (χ4n) is 1.77. The molecule has 0 aliphatic heterocycles. The quantitative estimate of drug-likeness (QED) is 0.213. The van der Waals surface area contributed by atoms with Crippen LogP contribution in [0.4, 0.5) is 0 Å². The Hall–Kier alpha value is -3.19. The molecule has 0 saturated heterocycles. The molecule has 0 spiro atoms. The molecule has 2 aromatic carbocycles. The van der Waals surface area contributed by atoms with Crippen LogP contribution in [0.1, 0.15) is 27.1 Å². The highest BCUT2D eigenvalue weighted by atomic mass is 16.5. The van der Waals surface area contributed by atoms with E-state index in [0.717, 1.165) is 0 Å². The van der Waals surface area contributed by atoms with E-state index in [-0.39, 0.29) is 13.0 Å². The van der Waals surface area contributed by atoms with Crippen molar-refractivity contribution in [1.82, 2.24) is 0 Å². The molecular weight excluding hydrogens is 292 g/mol. The number of ether oxygens (including phenoxy) is 1. The zero-order chi connectivity index (χ0) is 16.5. The van der Waals surface area contributed by atoms with Crippen molar-refractivity contribution in [3.05, 3.63) is 71.8 Å². The molecule has 0 bridgehead atoms. The summed E-state index contributed by atoms with van der Waals surface area (Å²) in [5.41, 5.74) is 0.762. The number of hydrogen-bond acceptors (Lipinski definition) is 4. The maximum Gasteiger partial charge on any atom is 0.338 e. The SMILES string of the molecule is O=C(C#CCCOC(=O)c1ccccc1)C(=O)c1ccccc1. The first-order valence-electron chi connectivity index (χ1n) is 7.03. The number of carbonyl (C=O) groups is 3. The molecule has 23 heavy (non-hydrogen) atoms. The Morgan fingerprint density at radius 1 is 0.826 bits per heavy atom. The van der Waals surface area contributed by atoms with Crippen molar-refractivity contribution < 1.29 is 19.1 Å². The fourth-order valence-corrected chi connectivity index (χ4v) is 1.77. The van der Waals surface area contributed by atoms with Gasteiger partial charge in [0, 0.05) is 12.0 Å². The second-order valence-corrected chi connectivity index (χ2v) is 4.58. The smallest absolute Gasteiger partial charge is 0.338 e. The summed E-state index contributed by atoms with van der Waals surface area (Å²) in [6, 6.07) is 16.8. The largest absolute Gasteiger partial charge is 0.461 e. The van der Waals surface area contributed by atoms with Gasteiger partial charge < -0.3 is 4.74 Å². The van der Waals surface area contributed by atoms with Gasteiger partial charge in [-0.1, -0.05) is 54.5 Å². The van der Waals surface area contributed by atoms with Crippen LogP contribution in [0.2, 0.25) is 0 Å². The molecule has 2 aromatic rings. The molecule has 2 rings (SSSR count). The third kappa shape index (κ3) is 4.94. The maximum atomic E-state index is 11.8. The average molecular weight is 306 g/mol. The van der Waals surface area contributed by atoms with Crippen molar-refractivity contribution in [2.45, 2.75) is 6.42 Å². The van der Waals surface area contributed by atoms with Gasteiger partial charge in [-0.3, -0.25) is 9.59 Å². The van der Waals surface area contributed by atoms with Crippen molar-refractivity contribution >= 4 is 17.5 Å². The third-order valence-electron chi connectivity index (χ3n) is 2.91. The Morgan fingerprint density at radius 2 is 1.39 bits per heavy atom. The molecule has 0 atom stereocenters. The summed E-state index contributed by atoms with van der Waals surface area (Å²) in [5, 5.41) is 0. The molecule has 114 valence electrons. The third-order valence-corrected chi connectivity index (χ3v) is 2.91. The van der Waals surface area contributed by atoms with Crippen LogP contribution in [0.15, 0.2) is 60.7 Å². The molecule has 4 nitrogen and oxygen atoms in total. The summed E-state index contributed by atoms with van der Waals surface area (Å²) < 4.78 is 5.02. The lowest BCUT2D eigenvalue weighted by Crippen LogP contribution is -2.11. The fraction of sp³-hybridized carbons (Fsp3) is 0.105. The van der Waals surface area contributed by atoms with Gasteiger partial charge in [-0.15, -0.1) is 0 Å². The highest BCUT2D eigenvalue weighted by Crippen LogP contribution is 2.02. The summed E-state index contributed by atoms with van der Waals surface area (Å²) >= 11 is 0. The molecule has 0 radical (unpaired) electrons. The number of rotatable bonds is 5. The van der Waals surface area contributed by atoms with E-state index in [9.17, 15) is 14.4 Å². The molecule has 0 unspecified atom stereocenters. The van der Waals surface area contributed by atoms with E-state index in [0.29, 0.717) is 11.1 Å². The summed E-state index contributed by atoms with van der Waals surface area (Å²) in [5.74, 6) is 2.95. The van der Waals surface area contributed by atoms with E-state index < -0.39 is 17.5 Å². The van der Waals surface area contributed by atoms with E-state index in [4.69, 9.17) is 4.74 Å². The van der Waals surface area contributed by atoms with Gasteiger partial charge in [-0.25, -0.2) is 4.79 Å². The van der Waals surface area contributed by atoms with E-state index in [1.54, 1.807) is 60.7 Å². The number of esters is 1. The Labute approximate surface area is 134 Å². The van der Waals surface area contributed by atoms with Crippen molar-refractivity contribution in [2.24, 2.45) is 0 Å². The first-order chi connectivity index (χ1) is 11.2. The summed E-state index contributed by atoms with van der Waals surface area (Å²) in [6.07, 6.45) is 0.187. The highest BCUT2D eigenvalue weighted by Gasteiger charge is 2.12. The van der Waals surface area contributed by atoms with Crippen molar-refractivity contribution in [3.63, 3.8) is 0 Å². The molecule has 0 fully saturated rings. The highest BCUT2D eigenvalue weighted by molar-refractivity contribution is 6.49. The normalized spacial score (nSPS) is 9.39. The number of hydrogen-bond donors (Lipinski definition) is 0. The molecule has 0 amide bonds. The molecule has 0 saturated carbocycles. The van der Waals surface area contributed by atoms with Crippen molar-refractivity contribution in [1.29, 1.82) is 0 Å². The van der Waals surface area contributed by atoms with Crippen molar-refractivity contribution in [2.75, 3.05) is 6.61 Å². The predicted octanol–water partition coefficient (Wildman–Crippen LogP) is 2.69. The second kappa shape index (κ2) is 8.30. The minimum Gasteiger partial charge on any atom is -0.461 e. The summed E-state index contributed by atoms with van der Waals surface area (Å²) in [7, 11) is 0. The van der Waals surface area contributed by atoms with Crippen molar-refractivity contribution in [3.8, 4) is 11.8 Å². The standard InChI is InChI=1S/C19H14O4/c20-17(18(21)15-9-3-1-4-10-15)13-7-8-14-23-19(22)16-11-5-2-6-12-16/h1-6,9-12H,8,14H2. The van der Waals surface area contributed by atoms with Gasteiger partial charge in [0.25, 0.3) is 5.78 Å². The van der Waals surface area contributed by atoms with Gasteiger partial charge in [-0.2, -0.15) is 0 Å². The zero-order valence-electron chi connectivity index (χ0n) is 12.3. The Balaban J connectivity index is 1.79. The maximum absolute atomic E-state index is 11.8. The molecule has 0 aromatic heterocycles. The van der Waals surface area contributed by atoms with Crippen LogP contribution in [0.3, 0.4) is 0 Å². The summed E-state index contributed by atoms with van der Waals surface area (Å²) in [6.45, 7) is 0.0630. The Morgan fingerprint density at radius 3 is 2.00 bits per heavy atom. The van der Waals surface area contributed by atoms with Gasteiger partial charge in [0.05, 0.1) is 5.56 Å². The number of Topliss-reactive ketones (excluding diaryl/α,β-unsaturated/α-hetero) is 2. The van der Waals surface area contributed by atoms with Gasteiger partial charge in [0.15, 0.2) is 0 Å². The number of carbonyl (C=O) groups excluding carboxylic acids is 3. The molecule has 4 heteroatoms. The van der Waals surface area contributed by atoms with Crippen LogP contribution >= 0.6 is 0 Å². The Kier molecular flexibility index (Phi) is 5.84. The molecule has 0 heterocycles. The Bertz CT molecular complexity index is 752. The van der Waals surface area contributed by atoms with Gasteiger partial charge >= 0.3 is 5.97 Å². The topological polar surface area (TPSA) is 60.4 Å². The number of benzene rings is 2. The van der Waals surface area contributed by atoms with E-state index in [1.807, 2.05) is 0 Å². The van der Waals surface area contributed by atoms with Crippen LogP contribution in [0.25, 0.3) is 0 Å². The van der Waals surface area contributed by atoms with E-state index >= 15 is 0 Å². The van der Waals surface area contributed by atoms with Crippen LogP contribution in [0, 0.1) is 11.8 Å². The lowest BCUT2D eigenvalue weighted by atomic mass is 10.1. The summed E-state index contributed by atoms with van der Waals surface area (Å²) in [4.78, 5) is 35.0. The predicted molar refractivity (Wildman–Crippen MR) is 84.9 cm³/mol. The lowest BCUT2D eigenvalue weighted by Gasteiger charge is -2.01. The molecule has 0 N–H and O–H groups in total. The zero-order valence-corrected chi connectivity index (χ0v) is 12.3. The first kappa shape index (κ1) is 16.2. The van der Waals surface area contributed by atoms with E-state index in [2.05, 4.69) is 11.8 Å². The monoisotopic (exact) mass is 306 g/mol. The van der Waals surface area contributed by atoms with E-state index in [1.165, 1.54) is 0 Å². The van der Waals surface area contributed by atoms with Crippen LogP contribution in [-0.4, -0.2) is 24.1 Å². The van der Waals surface area contributed by atoms with Crippen LogP contribution in [0.5, 0.6) is 0 Å². The van der Waals surface area contributed by atoms with Crippen LogP contribution in [-0.2, 0) is 9.53 Å². The minimum atomic E-state index is -0.773. The van der Waals surface area contributed by atoms with Gasteiger partial charge in [0.2, 0.25) is 5.78 Å². The van der Waals surface area contributed by atoms with Crippen LogP contribution < -0.4 is 0 Å². The molecular formula is C19H14O4. The van der Waals surface area contributed by atoms with Gasteiger partial charge in [-0.05, 0) is 18.1 Å². The average Bonchev–Trinajstić information content (AvgIpc) is 2.62. The molecule has 0 aliphatic carbocycles. The lowest BCUT2D eigenvalue weighted by molar-refractivity contribution is -0.110. The number of ketones is 2.